The summed E-state index contributed by atoms with van der Waals surface area (Å²) in [4.78, 5) is 33.2. The van der Waals surface area contributed by atoms with Gasteiger partial charge in [0, 0.05) is 49.5 Å². The van der Waals surface area contributed by atoms with Crippen LogP contribution in [-0.2, 0) is 42.8 Å². The van der Waals surface area contributed by atoms with Gasteiger partial charge in [-0.15, -0.1) is 0 Å². The molecule has 100 heavy (non-hydrogen) atoms. The van der Waals surface area contributed by atoms with Gasteiger partial charge in [0.15, 0.2) is 5.78 Å². The third kappa shape index (κ3) is 132. The van der Waals surface area contributed by atoms with E-state index in [1.165, 1.54) is 19.3 Å². The first-order valence-electron chi connectivity index (χ1n) is 39.6. The van der Waals surface area contributed by atoms with Crippen LogP contribution < -0.4 is 21.3 Å². The number of nitrogens with one attached hydrogen (secondary N) is 4. The standard InChI is InChI=1S/C11H22O.C9H19NO.C9H21N.C9H20O.2C9H18O.C8H19NO.C8H16O2.C7H17N.C7H16O.CH4/c1-9(2)7-11(5-6-11)8-12-10(3)4;1-7(2)6-10-8(11)9(3,4)5;2*1-8(2)6-10-7-9(3,4)5;1-8(2)6-5-7-10-9(3)4;1-7(2)5-6-9(10)8(3)4;1-7(2)5-9-6-10-8(3)4;1-6(2)8(9)5-10-7(3)4;2*1-6(2)5-8-7(3)4;/h9-10H,5-8H2,1-4H3;7H,6H2,1-5H3,(H,10,11);8,10H,6-7H2,1-5H3;8H,6-7H2,1-5H3;5,7-9H,6H2,1-4H3;7-8H,5-6H2,1-4H3;7-9H,5-6H2,1-4H3;6-7H,5H2,1-4H3;6-8H,5H2,1-4H3;6-7H,5H2,1-4H3;1H4/b;;;;7-5+;;;;;;. The first-order valence-corrected chi connectivity index (χ1v) is 39.6. The van der Waals surface area contributed by atoms with Gasteiger partial charge in [0.05, 0.1) is 56.7 Å². The van der Waals surface area contributed by atoms with Crippen LogP contribution in [-0.4, -0.2) is 127 Å². The van der Waals surface area contributed by atoms with Gasteiger partial charge in [0.1, 0.15) is 12.4 Å². The monoisotopic (exact) mass is 1440 g/mol. The van der Waals surface area contributed by atoms with Crippen LogP contribution in [0.3, 0.4) is 0 Å². The lowest BCUT2D eigenvalue weighted by Crippen LogP contribution is -2.36. The summed E-state index contributed by atoms with van der Waals surface area (Å²) in [6.07, 6.45) is 12.5. The van der Waals surface area contributed by atoms with Gasteiger partial charge in [0.25, 0.3) is 0 Å². The molecular weight excluding hydrogens is 1240 g/mol. The zero-order chi connectivity index (χ0) is 80.1. The summed E-state index contributed by atoms with van der Waals surface area (Å²) in [5.74, 6) is 7.32. The number of hydrogen-bond donors (Lipinski definition) is 4. The van der Waals surface area contributed by atoms with Gasteiger partial charge in [-0.05, 0) is 203 Å². The highest BCUT2D eigenvalue weighted by molar-refractivity contribution is 5.81. The molecule has 0 heterocycles. The minimum atomic E-state index is -0.255. The van der Waals surface area contributed by atoms with Gasteiger partial charge in [-0.2, -0.15) is 0 Å². The fraction of sp³-hybridized carbons (Fsp3) is 0.943. The summed E-state index contributed by atoms with van der Waals surface area (Å²) in [7, 11) is 0. The quantitative estimate of drug-likeness (QED) is 0.0268. The van der Waals surface area contributed by atoms with Crippen molar-refractivity contribution < 1.29 is 42.8 Å². The Morgan fingerprint density at radius 1 is 0.440 bits per heavy atom. The molecule has 0 radical (unpaired) electrons. The van der Waals surface area contributed by atoms with Gasteiger partial charge >= 0.3 is 0 Å². The molecule has 1 rings (SSSR count). The highest BCUT2D eigenvalue weighted by atomic mass is 16.5. The van der Waals surface area contributed by atoms with Gasteiger partial charge in [0.2, 0.25) is 5.91 Å². The van der Waals surface area contributed by atoms with Gasteiger partial charge in [-0.1, -0.05) is 236 Å². The zero-order valence-corrected chi connectivity index (χ0v) is 75.2. The summed E-state index contributed by atoms with van der Waals surface area (Å²) < 4.78 is 32.0. The lowest BCUT2D eigenvalue weighted by Gasteiger charge is -2.19. The maximum absolute atomic E-state index is 11.3. The van der Waals surface area contributed by atoms with E-state index in [4.69, 9.17) is 28.4 Å². The van der Waals surface area contributed by atoms with Crippen LogP contribution in [0.2, 0.25) is 0 Å². The highest BCUT2D eigenvalue weighted by Crippen LogP contribution is 2.50. The first kappa shape index (κ1) is 119. The summed E-state index contributed by atoms with van der Waals surface area (Å²) in [5, 5.41) is 12.8. The van der Waals surface area contributed by atoms with E-state index >= 15 is 0 Å². The molecular formula is C87H190N4O9. The Labute approximate surface area is 630 Å². The zero-order valence-electron chi connectivity index (χ0n) is 75.2. The number of amides is 1. The molecule has 0 aromatic rings. The Hall–Kier alpha value is -1.97. The molecule has 0 bridgehead atoms. The second-order valence-corrected chi connectivity index (χ2v) is 37.0. The van der Waals surface area contributed by atoms with Crippen molar-refractivity contribution in [1.29, 1.82) is 0 Å². The van der Waals surface area contributed by atoms with E-state index in [1.54, 1.807) is 6.26 Å². The molecule has 0 unspecified atom stereocenters. The lowest BCUT2D eigenvalue weighted by molar-refractivity contribution is -0.129. The van der Waals surface area contributed by atoms with E-state index in [0.717, 1.165) is 102 Å². The molecule has 0 spiro atoms. The van der Waals surface area contributed by atoms with E-state index in [1.807, 2.05) is 90.0 Å². The summed E-state index contributed by atoms with van der Waals surface area (Å²) >= 11 is 0. The number of ether oxygens (including phenoxy) is 6. The van der Waals surface area contributed by atoms with Crippen molar-refractivity contribution in [3.05, 3.63) is 12.3 Å². The normalized spacial score (nSPS) is 12.6. The maximum atomic E-state index is 11.3. The van der Waals surface area contributed by atoms with E-state index in [0.29, 0.717) is 88.8 Å². The highest BCUT2D eigenvalue weighted by Gasteiger charge is 2.43. The van der Waals surface area contributed by atoms with Crippen molar-refractivity contribution in [2.24, 2.45) is 86.8 Å². The number of allylic oxidation sites excluding steroid dienone is 1. The maximum Gasteiger partial charge on any atom is 0.225 e. The molecule has 0 aromatic carbocycles. The van der Waals surface area contributed by atoms with E-state index in [9.17, 15) is 14.4 Å². The van der Waals surface area contributed by atoms with Crippen LogP contribution in [0.15, 0.2) is 12.3 Å². The number of hydrogen-bond acceptors (Lipinski definition) is 12. The Morgan fingerprint density at radius 2 is 0.870 bits per heavy atom. The minimum Gasteiger partial charge on any atom is -0.499 e. The van der Waals surface area contributed by atoms with Gasteiger partial charge in [-0.3, -0.25) is 19.7 Å². The number of carbonyl (C=O) groups excluding carboxylic acids is 3. The number of rotatable bonds is 36. The Kier molecular flexibility index (Phi) is 86.4. The van der Waals surface area contributed by atoms with Crippen LogP contribution in [0.1, 0.15) is 344 Å². The van der Waals surface area contributed by atoms with Crippen molar-refractivity contribution in [3.8, 4) is 0 Å². The SMILES string of the molecule is C.CC(C)C/C=C/OC(C)C.CC(C)CC1(COC(C)C)CC1.CC(C)CCC(=O)C(C)C.CC(C)CNC(=O)C(C)(C)C.CC(C)CNC(C)C.CC(C)CNCC(C)(C)C.CC(C)CNCOC(C)C.CC(C)COC(C)C.CC(C)COCC(C)(C)C.CC(C)OCC(=O)C(C)C. The second-order valence-electron chi connectivity index (χ2n) is 37.0. The van der Waals surface area contributed by atoms with Crippen LogP contribution in [0.5, 0.6) is 0 Å². The molecule has 0 aromatic heterocycles. The van der Waals surface area contributed by atoms with Gasteiger partial charge < -0.3 is 44.4 Å². The number of carbonyl (C=O) groups is 3. The van der Waals surface area contributed by atoms with E-state index < -0.39 is 0 Å². The van der Waals surface area contributed by atoms with E-state index in [-0.39, 0.29) is 49.1 Å². The largest absolute Gasteiger partial charge is 0.499 e. The average molecular weight is 1440 g/mol. The Balaban J connectivity index is -0.000000113. The van der Waals surface area contributed by atoms with Crippen molar-refractivity contribution in [1.82, 2.24) is 21.3 Å². The second kappa shape index (κ2) is 72.6. The molecule has 612 valence electrons. The Morgan fingerprint density at radius 3 is 1.16 bits per heavy atom. The van der Waals surface area contributed by atoms with Crippen molar-refractivity contribution >= 4 is 17.5 Å². The molecule has 1 aliphatic rings. The topological polar surface area (TPSA) is 155 Å². The molecule has 1 aliphatic carbocycles. The Bertz CT molecular complexity index is 1620. The minimum absolute atomic E-state index is 0. The smallest absolute Gasteiger partial charge is 0.225 e. The first-order chi connectivity index (χ1) is 44.8. The van der Waals surface area contributed by atoms with E-state index in [2.05, 4.69) is 235 Å². The fourth-order valence-electron chi connectivity index (χ4n) is 6.80. The third-order valence-electron chi connectivity index (χ3n) is 12.7. The molecule has 0 atom stereocenters. The van der Waals surface area contributed by atoms with Crippen LogP contribution in [0, 0.1) is 86.8 Å². The molecule has 13 nitrogen and oxygen atoms in total. The molecule has 0 aliphatic heterocycles. The van der Waals surface area contributed by atoms with Crippen molar-refractivity contribution in [2.75, 3.05) is 72.5 Å². The lowest BCUT2D eigenvalue weighted by atomic mass is 9.95. The molecule has 4 N–H and O–H groups in total. The van der Waals surface area contributed by atoms with Crippen molar-refractivity contribution in [2.45, 2.75) is 380 Å². The fourth-order valence-corrected chi connectivity index (χ4v) is 6.80. The van der Waals surface area contributed by atoms with Crippen LogP contribution >= 0.6 is 0 Å². The van der Waals surface area contributed by atoms with Crippen LogP contribution in [0.25, 0.3) is 0 Å². The molecule has 1 amide bonds. The number of Topliss-reactive ketones (excluding diaryl/α,β-unsaturated/α-hetero) is 2. The molecule has 0 saturated heterocycles. The molecule has 1 saturated carbocycles. The summed E-state index contributed by atoms with van der Waals surface area (Å²) in [6.45, 7) is 101. The summed E-state index contributed by atoms with van der Waals surface area (Å²) in [6, 6.07) is 0.636. The molecule has 1 fully saturated rings. The predicted molar refractivity (Wildman–Crippen MR) is 446 cm³/mol. The van der Waals surface area contributed by atoms with Crippen LogP contribution in [0.4, 0.5) is 0 Å². The average Bonchev–Trinajstić information content (AvgIpc) is 1.66. The molecule has 13 heteroatoms. The third-order valence-corrected chi connectivity index (χ3v) is 12.7. The van der Waals surface area contributed by atoms with Crippen molar-refractivity contribution in [3.63, 3.8) is 0 Å². The number of ketones is 2. The predicted octanol–water partition coefficient (Wildman–Crippen LogP) is 23.2. The summed E-state index contributed by atoms with van der Waals surface area (Å²) in [5.41, 5.74) is 1.07. The van der Waals surface area contributed by atoms with Gasteiger partial charge in [-0.25, -0.2) is 0 Å².